The first-order valence-electron chi connectivity index (χ1n) is 6.83. The van der Waals surface area contributed by atoms with E-state index in [2.05, 4.69) is 22.1 Å². The van der Waals surface area contributed by atoms with Crippen molar-refractivity contribution in [2.24, 2.45) is 13.0 Å². The third kappa shape index (κ3) is 2.90. The average Bonchev–Trinajstić information content (AvgIpc) is 3.11. The number of carbonyl (C=O) groups is 1. The summed E-state index contributed by atoms with van der Waals surface area (Å²) in [6.45, 7) is 3.41. The molecule has 1 aliphatic heterocycles. The van der Waals surface area contributed by atoms with Crippen molar-refractivity contribution in [1.29, 1.82) is 0 Å². The topological polar surface area (TPSA) is 83.9 Å². The molecule has 1 fully saturated rings. The van der Waals surface area contributed by atoms with Crippen molar-refractivity contribution in [1.82, 2.24) is 24.6 Å². The Hall–Kier alpha value is -1.96. The molecule has 112 valence electrons. The highest BCUT2D eigenvalue weighted by Gasteiger charge is 2.35. The molecule has 8 heteroatoms. The number of hydrogen-bond acceptors (Lipinski definition) is 5. The molecule has 3 heterocycles. The Bertz CT molecular complexity index is 703. The van der Waals surface area contributed by atoms with E-state index in [1.165, 1.54) is 0 Å². The minimum Gasteiger partial charge on any atom is -0.341 e. The normalized spacial score (nSPS) is 21.9. The third-order valence-corrected chi connectivity index (χ3v) is 4.71. The lowest BCUT2D eigenvalue weighted by molar-refractivity contribution is -0.129. The quantitative estimate of drug-likeness (QED) is 0.888. The van der Waals surface area contributed by atoms with E-state index in [0.29, 0.717) is 25.4 Å². The molecular weight excluding hydrogens is 290 g/mol. The largest absolute Gasteiger partial charge is 0.341 e. The first-order valence-corrected chi connectivity index (χ1v) is 7.64. The molecule has 0 aliphatic carbocycles. The molecular formula is C13H17N5O2S. The van der Waals surface area contributed by atoms with Crippen molar-refractivity contribution in [3.05, 3.63) is 32.9 Å². The van der Waals surface area contributed by atoms with Gasteiger partial charge in [-0.25, -0.2) is 10.1 Å². The number of likely N-dealkylation sites (tertiary alicyclic amines) is 1. The number of carbonyl (C=O) groups excluding carboxylic acids is 1. The summed E-state index contributed by atoms with van der Waals surface area (Å²) in [5.41, 5.74) is 0.781. The summed E-state index contributed by atoms with van der Waals surface area (Å²) < 4.78 is 1.83. The first kappa shape index (κ1) is 14.0. The van der Waals surface area contributed by atoms with Gasteiger partial charge in [-0.3, -0.25) is 9.59 Å². The van der Waals surface area contributed by atoms with Gasteiger partial charge >= 0.3 is 4.87 Å². The number of nitrogens with zero attached hydrogens (tertiary/aromatic N) is 4. The van der Waals surface area contributed by atoms with Gasteiger partial charge in [-0.05, 0) is 5.92 Å². The summed E-state index contributed by atoms with van der Waals surface area (Å²) in [5, 5.41) is 7.30. The Morgan fingerprint density at radius 1 is 1.52 bits per heavy atom. The summed E-state index contributed by atoms with van der Waals surface area (Å²) in [7, 11) is 1.88. The van der Waals surface area contributed by atoms with Crippen molar-refractivity contribution in [3.8, 4) is 0 Å². The van der Waals surface area contributed by atoms with E-state index in [4.69, 9.17) is 0 Å². The average molecular weight is 307 g/mol. The summed E-state index contributed by atoms with van der Waals surface area (Å²) >= 11 is 1.13. The maximum Gasteiger partial charge on any atom is 0.322 e. The molecule has 0 bridgehead atoms. The Morgan fingerprint density at radius 2 is 2.33 bits per heavy atom. The Kier molecular flexibility index (Phi) is 3.62. The second-order valence-electron chi connectivity index (χ2n) is 5.54. The SMILES string of the molecule is C[C@@H]1CN(C(=O)Cc2cn(C)cn2)C[C@@H]1c1n[nH]c(=O)s1. The number of aryl methyl sites for hydroxylation is 1. The lowest BCUT2D eigenvalue weighted by Crippen LogP contribution is -2.30. The maximum atomic E-state index is 12.3. The van der Waals surface area contributed by atoms with E-state index in [1.54, 1.807) is 6.33 Å². The number of aromatic nitrogens is 4. The molecule has 0 unspecified atom stereocenters. The predicted molar refractivity (Wildman–Crippen MR) is 78.1 cm³/mol. The molecule has 1 amide bonds. The van der Waals surface area contributed by atoms with Gasteiger partial charge in [-0.2, -0.15) is 5.10 Å². The highest BCUT2D eigenvalue weighted by molar-refractivity contribution is 7.08. The van der Waals surface area contributed by atoms with Crippen molar-refractivity contribution in [2.45, 2.75) is 19.3 Å². The number of hydrogen-bond donors (Lipinski definition) is 1. The van der Waals surface area contributed by atoms with Crippen molar-refractivity contribution < 1.29 is 4.79 Å². The highest BCUT2D eigenvalue weighted by atomic mass is 32.1. The van der Waals surface area contributed by atoms with E-state index < -0.39 is 0 Å². The number of nitrogens with one attached hydrogen (secondary N) is 1. The minimum atomic E-state index is -0.143. The zero-order chi connectivity index (χ0) is 15.0. The number of aromatic amines is 1. The number of H-pyrrole nitrogens is 1. The predicted octanol–water partition coefficient (Wildman–Crippen LogP) is 0.369. The van der Waals surface area contributed by atoms with Crippen molar-refractivity contribution >= 4 is 17.2 Å². The Balaban J connectivity index is 1.67. The van der Waals surface area contributed by atoms with Crippen LogP contribution in [0.5, 0.6) is 0 Å². The standard InChI is InChI=1S/C13H17N5O2S/c1-8-4-18(6-10(8)12-15-16-13(20)21-12)11(19)3-9-5-17(2)7-14-9/h5,7-8,10H,3-4,6H2,1-2H3,(H,16,20)/t8-,10+/m1/s1. The monoisotopic (exact) mass is 307 g/mol. The Labute approximate surface area is 125 Å². The van der Waals surface area contributed by atoms with E-state index in [1.807, 2.05) is 22.7 Å². The fraction of sp³-hybridized carbons (Fsp3) is 0.538. The van der Waals surface area contributed by atoms with Gasteiger partial charge in [0.05, 0.1) is 18.4 Å². The van der Waals surface area contributed by atoms with Crippen LogP contribution in [0.3, 0.4) is 0 Å². The zero-order valence-corrected chi connectivity index (χ0v) is 12.8. The van der Waals surface area contributed by atoms with Gasteiger partial charge in [-0.15, -0.1) is 0 Å². The van der Waals surface area contributed by atoms with Gasteiger partial charge in [0.1, 0.15) is 5.01 Å². The van der Waals surface area contributed by atoms with E-state index in [-0.39, 0.29) is 16.7 Å². The smallest absolute Gasteiger partial charge is 0.322 e. The fourth-order valence-electron chi connectivity index (χ4n) is 2.72. The molecule has 3 rings (SSSR count). The van der Waals surface area contributed by atoms with Crippen molar-refractivity contribution in [2.75, 3.05) is 13.1 Å². The van der Waals surface area contributed by atoms with Crippen LogP contribution < -0.4 is 4.87 Å². The Morgan fingerprint density at radius 3 is 2.95 bits per heavy atom. The van der Waals surface area contributed by atoms with Crippen LogP contribution in [0.25, 0.3) is 0 Å². The molecule has 1 N–H and O–H groups in total. The van der Waals surface area contributed by atoms with E-state index >= 15 is 0 Å². The van der Waals surface area contributed by atoms with Crippen molar-refractivity contribution in [3.63, 3.8) is 0 Å². The van der Waals surface area contributed by atoms with Crippen LogP contribution in [-0.4, -0.2) is 43.6 Å². The molecule has 2 atom stereocenters. The fourth-order valence-corrected chi connectivity index (χ4v) is 3.55. The van der Waals surface area contributed by atoms with Crippen LogP contribution in [0, 0.1) is 5.92 Å². The lowest BCUT2D eigenvalue weighted by atomic mass is 9.99. The second kappa shape index (κ2) is 5.44. The lowest BCUT2D eigenvalue weighted by Gasteiger charge is -2.15. The van der Waals surface area contributed by atoms with Crippen LogP contribution in [0.2, 0.25) is 0 Å². The van der Waals surface area contributed by atoms with E-state index in [9.17, 15) is 9.59 Å². The molecule has 7 nitrogen and oxygen atoms in total. The summed E-state index contributed by atoms with van der Waals surface area (Å²) in [6, 6.07) is 0. The summed E-state index contributed by atoms with van der Waals surface area (Å²) in [4.78, 5) is 29.4. The maximum absolute atomic E-state index is 12.3. The minimum absolute atomic E-state index is 0.0749. The van der Waals surface area contributed by atoms with Gasteiger partial charge in [0.2, 0.25) is 5.91 Å². The summed E-state index contributed by atoms with van der Waals surface area (Å²) in [5.74, 6) is 0.518. The molecule has 0 aromatic carbocycles. The molecule has 1 saturated heterocycles. The third-order valence-electron chi connectivity index (χ3n) is 3.83. The van der Waals surface area contributed by atoms with Crippen LogP contribution in [-0.2, 0) is 18.3 Å². The molecule has 21 heavy (non-hydrogen) atoms. The highest BCUT2D eigenvalue weighted by Crippen LogP contribution is 2.32. The van der Waals surface area contributed by atoms with Gasteiger partial charge in [0.15, 0.2) is 0 Å². The number of amides is 1. The number of imidazole rings is 1. The molecule has 2 aromatic rings. The molecule has 0 spiro atoms. The van der Waals surface area contributed by atoms with Crippen LogP contribution in [0.1, 0.15) is 23.5 Å². The molecule has 0 radical (unpaired) electrons. The van der Waals surface area contributed by atoms with Crippen LogP contribution in [0.15, 0.2) is 17.3 Å². The number of rotatable bonds is 3. The van der Waals surface area contributed by atoms with Gasteiger partial charge in [-0.1, -0.05) is 18.3 Å². The van der Waals surface area contributed by atoms with Gasteiger partial charge in [0.25, 0.3) is 0 Å². The van der Waals surface area contributed by atoms with Crippen LogP contribution in [0.4, 0.5) is 0 Å². The summed E-state index contributed by atoms with van der Waals surface area (Å²) in [6.07, 6.45) is 3.87. The van der Waals surface area contributed by atoms with Crippen LogP contribution >= 0.6 is 11.3 Å². The van der Waals surface area contributed by atoms with Gasteiger partial charge in [0, 0.05) is 32.3 Å². The van der Waals surface area contributed by atoms with E-state index in [0.717, 1.165) is 22.0 Å². The molecule has 0 saturated carbocycles. The molecule has 1 aliphatic rings. The second-order valence-corrected chi connectivity index (χ2v) is 6.53. The van der Waals surface area contributed by atoms with Gasteiger partial charge < -0.3 is 9.47 Å². The zero-order valence-electron chi connectivity index (χ0n) is 11.9. The molecule has 2 aromatic heterocycles. The first-order chi connectivity index (χ1) is 10.0.